The number of hydrogen-bond acceptors (Lipinski definition) is 3. The third-order valence-corrected chi connectivity index (χ3v) is 3.93. The molecule has 0 radical (unpaired) electrons. The zero-order chi connectivity index (χ0) is 14.3. The van der Waals surface area contributed by atoms with Crippen molar-refractivity contribution in [2.75, 3.05) is 4.90 Å². The Balaban J connectivity index is 2.12. The van der Waals surface area contributed by atoms with E-state index in [1.165, 1.54) is 4.90 Å². The monoisotopic (exact) mass is 330 g/mol. The van der Waals surface area contributed by atoms with Crippen molar-refractivity contribution in [2.45, 2.75) is 6.54 Å². The fourth-order valence-electron chi connectivity index (χ4n) is 2.30. The van der Waals surface area contributed by atoms with Crippen LogP contribution >= 0.6 is 15.9 Å². The van der Waals surface area contributed by atoms with E-state index in [2.05, 4.69) is 15.9 Å². The van der Waals surface area contributed by atoms with Gasteiger partial charge in [0, 0.05) is 11.0 Å². The molecule has 100 valence electrons. The number of benzene rings is 2. The summed E-state index contributed by atoms with van der Waals surface area (Å²) in [6.45, 7) is 0.362. The van der Waals surface area contributed by atoms with Gasteiger partial charge >= 0.3 is 0 Å². The normalized spacial score (nSPS) is 13.8. The Morgan fingerprint density at radius 2 is 1.80 bits per heavy atom. The van der Waals surface area contributed by atoms with E-state index < -0.39 is 0 Å². The molecular weight excluding hydrogens is 320 g/mol. The van der Waals surface area contributed by atoms with E-state index in [0.29, 0.717) is 27.8 Å². The van der Waals surface area contributed by atoms with Gasteiger partial charge in [0.05, 0.1) is 16.8 Å². The smallest absolute Gasteiger partial charge is 0.267 e. The van der Waals surface area contributed by atoms with Crippen LogP contribution in [-0.2, 0) is 6.54 Å². The third kappa shape index (κ3) is 1.87. The fourth-order valence-corrected chi connectivity index (χ4v) is 2.84. The van der Waals surface area contributed by atoms with Gasteiger partial charge in [-0.2, -0.15) is 0 Å². The lowest BCUT2D eigenvalue weighted by molar-refractivity contribution is 0.0926. The van der Waals surface area contributed by atoms with Crippen LogP contribution in [0.5, 0.6) is 0 Å². The van der Waals surface area contributed by atoms with Crippen molar-refractivity contribution in [3.05, 3.63) is 63.6 Å². The van der Waals surface area contributed by atoms with Gasteiger partial charge in [-0.1, -0.05) is 18.2 Å². The summed E-state index contributed by atoms with van der Waals surface area (Å²) < 4.78 is 0.630. The number of fused-ring (bicyclic) bond motifs is 1. The minimum atomic E-state index is -0.313. The fraction of sp³-hybridized carbons (Fsp3) is 0.0667. The quantitative estimate of drug-likeness (QED) is 0.861. The van der Waals surface area contributed by atoms with Crippen LogP contribution in [0.1, 0.15) is 26.3 Å². The Morgan fingerprint density at radius 1 is 1.05 bits per heavy atom. The number of carbonyl (C=O) groups is 2. The molecule has 0 unspecified atom stereocenters. The molecule has 4 nitrogen and oxygen atoms in total. The van der Waals surface area contributed by atoms with Gasteiger partial charge in [-0.05, 0) is 45.8 Å². The van der Waals surface area contributed by atoms with Gasteiger partial charge in [0.2, 0.25) is 0 Å². The average molecular weight is 331 g/mol. The van der Waals surface area contributed by atoms with Gasteiger partial charge in [0.15, 0.2) is 0 Å². The summed E-state index contributed by atoms with van der Waals surface area (Å²) in [5.74, 6) is -0.618. The maximum Gasteiger partial charge on any atom is 0.267 e. The van der Waals surface area contributed by atoms with Crippen molar-refractivity contribution in [1.82, 2.24) is 0 Å². The topological polar surface area (TPSA) is 63.4 Å². The summed E-state index contributed by atoms with van der Waals surface area (Å²) >= 11 is 3.32. The highest BCUT2D eigenvalue weighted by Gasteiger charge is 2.37. The summed E-state index contributed by atoms with van der Waals surface area (Å²) in [7, 11) is 0. The van der Waals surface area contributed by atoms with Crippen molar-refractivity contribution in [1.29, 1.82) is 0 Å². The van der Waals surface area contributed by atoms with Crippen molar-refractivity contribution in [2.24, 2.45) is 5.73 Å². The average Bonchev–Trinajstić information content (AvgIpc) is 2.72. The van der Waals surface area contributed by atoms with Crippen LogP contribution in [0, 0.1) is 0 Å². The maximum absolute atomic E-state index is 12.5. The highest BCUT2D eigenvalue weighted by Crippen LogP contribution is 2.32. The molecule has 2 amide bonds. The molecule has 0 aromatic heterocycles. The molecule has 2 aromatic carbocycles. The summed E-state index contributed by atoms with van der Waals surface area (Å²) in [4.78, 5) is 26.1. The summed E-state index contributed by atoms with van der Waals surface area (Å²) in [6, 6.07) is 12.3. The summed E-state index contributed by atoms with van der Waals surface area (Å²) in [6.07, 6.45) is 0. The number of imide groups is 1. The van der Waals surface area contributed by atoms with Gasteiger partial charge in [-0.15, -0.1) is 0 Å². The molecule has 0 saturated heterocycles. The SMILES string of the molecule is NCc1cccc(N2C(=O)c3cccc(Br)c3C2=O)c1. The second-order valence-corrected chi connectivity index (χ2v) is 5.34. The van der Waals surface area contributed by atoms with Crippen molar-refractivity contribution in [3.8, 4) is 0 Å². The molecule has 0 aliphatic carbocycles. The summed E-state index contributed by atoms with van der Waals surface area (Å²) in [5, 5.41) is 0. The van der Waals surface area contributed by atoms with Gasteiger partial charge in [0.1, 0.15) is 0 Å². The van der Waals surface area contributed by atoms with Crippen LogP contribution in [0.3, 0.4) is 0 Å². The minimum absolute atomic E-state index is 0.305. The molecule has 3 rings (SSSR count). The first-order valence-corrected chi connectivity index (χ1v) is 6.89. The lowest BCUT2D eigenvalue weighted by Crippen LogP contribution is -2.29. The Hall–Kier alpha value is -1.98. The molecule has 2 N–H and O–H groups in total. The van der Waals surface area contributed by atoms with Gasteiger partial charge in [0.25, 0.3) is 11.8 Å². The molecular formula is C15H11BrN2O2. The molecule has 2 aromatic rings. The Bertz CT molecular complexity index is 728. The molecule has 0 bridgehead atoms. The molecule has 0 atom stereocenters. The number of amides is 2. The van der Waals surface area contributed by atoms with Crippen LogP contribution in [0.15, 0.2) is 46.9 Å². The number of halogens is 1. The number of hydrogen-bond donors (Lipinski definition) is 1. The van der Waals surface area contributed by atoms with Gasteiger partial charge in [-0.25, -0.2) is 4.90 Å². The third-order valence-electron chi connectivity index (χ3n) is 3.27. The van der Waals surface area contributed by atoms with E-state index in [-0.39, 0.29) is 11.8 Å². The molecule has 1 aliphatic rings. The first-order chi connectivity index (χ1) is 9.63. The predicted molar refractivity (Wildman–Crippen MR) is 79.6 cm³/mol. The van der Waals surface area contributed by atoms with E-state index in [0.717, 1.165) is 5.56 Å². The first-order valence-electron chi connectivity index (χ1n) is 6.10. The molecule has 20 heavy (non-hydrogen) atoms. The Kier molecular flexibility index (Phi) is 3.16. The lowest BCUT2D eigenvalue weighted by Gasteiger charge is -2.14. The van der Waals surface area contributed by atoms with Crippen molar-refractivity contribution < 1.29 is 9.59 Å². The van der Waals surface area contributed by atoms with Crippen LogP contribution < -0.4 is 10.6 Å². The molecule has 0 saturated carbocycles. The highest BCUT2D eigenvalue weighted by atomic mass is 79.9. The van der Waals surface area contributed by atoms with Crippen LogP contribution in [0.2, 0.25) is 0 Å². The van der Waals surface area contributed by atoms with Crippen LogP contribution in [-0.4, -0.2) is 11.8 Å². The largest absolute Gasteiger partial charge is 0.326 e. The van der Waals surface area contributed by atoms with E-state index in [4.69, 9.17) is 5.73 Å². The molecule has 5 heteroatoms. The zero-order valence-corrected chi connectivity index (χ0v) is 12.1. The second-order valence-electron chi connectivity index (χ2n) is 4.48. The number of nitrogens with zero attached hydrogens (tertiary/aromatic N) is 1. The van der Waals surface area contributed by atoms with Gasteiger partial charge in [-0.3, -0.25) is 9.59 Å². The zero-order valence-electron chi connectivity index (χ0n) is 10.5. The van der Waals surface area contributed by atoms with E-state index in [1.54, 1.807) is 36.4 Å². The second kappa shape index (κ2) is 4.85. The molecule has 0 spiro atoms. The number of rotatable bonds is 2. The number of anilines is 1. The minimum Gasteiger partial charge on any atom is -0.326 e. The predicted octanol–water partition coefficient (Wildman–Crippen LogP) is 2.71. The Morgan fingerprint density at radius 3 is 2.50 bits per heavy atom. The van der Waals surface area contributed by atoms with Crippen LogP contribution in [0.4, 0.5) is 5.69 Å². The standard InChI is InChI=1S/C15H11BrN2O2/c16-12-6-2-5-11-13(12)15(20)18(14(11)19)10-4-1-3-9(7-10)8-17/h1-7H,8,17H2. The van der Waals surface area contributed by atoms with Crippen LogP contribution in [0.25, 0.3) is 0 Å². The van der Waals surface area contributed by atoms with E-state index in [9.17, 15) is 9.59 Å². The maximum atomic E-state index is 12.5. The molecule has 0 fully saturated rings. The summed E-state index contributed by atoms with van der Waals surface area (Å²) in [5.41, 5.74) is 7.85. The first kappa shape index (κ1) is 13.0. The van der Waals surface area contributed by atoms with E-state index in [1.807, 2.05) is 6.07 Å². The van der Waals surface area contributed by atoms with E-state index >= 15 is 0 Å². The van der Waals surface area contributed by atoms with Crippen molar-refractivity contribution in [3.63, 3.8) is 0 Å². The number of nitrogens with two attached hydrogens (primary N) is 1. The lowest BCUT2D eigenvalue weighted by atomic mass is 10.1. The van der Waals surface area contributed by atoms with Crippen molar-refractivity contribution >= 4 is 33.4 Å². The Labute approximate surface area is 124 Å². The highest BCUT2D eigenvalue weighted by molar-refractivity contribution is 9.10. The molecule has 1 heterocycles. The van der Waals surface area contributed by atoms with Gasteiger partial charge < -0.3 is 5.73 Å². The number of carbonyl (C=O) groups excluding carboxylic acids is 2. The molecule has 1 aliphatic heterocycles.